The van der Waals surface area contributed by atoms with Gasteiger partial charge in [0.05, 0.1) is 19.2 Å². The molecule has 3 aromatic rings. The van der Waals surface area contributed by atoms with Crippen LogP contribution in [0.15, 0.2) is 59.0 Å². The predicted octanol–water partition coefficient (Wildman–Crippen LogP) is 3.86. The van der Waals surface area contributed by atoms with Crippen LogP contribution in [0.4, 0.5) is 0 Å². The van der Waals surface area contributed by atoms with E-state index in [1.54, 1.807) is 19.1 Å². The van der Waals surface area contributed by atoms with Gasteiger partial charge in [-0.3, -0.25) is 4.79 Å². The van der Waals surface area contributed by atoms with Crippen molar-refractivity contribution < 1.29 is 13.9 Å². The van der Waals surface area contributed by atoms with Crippen molar-refractivity contribution in [2.75, 3.05) is 14.2 Å². The van der Waals surface area contributed by atoms with Crippen LogP contribution in [-0.2, 0) is 17.8 Å². The van der Waals surface area contributed by atoms with Crippen LogP contribution in [-0.4, -0.2) is 29.9 Å². The largest absolute Gasteiger partial charge is 0.497 e. The third-order valence-electron chi connectivity index (χ3n) is 4.22. The van der Waals surface area contributed by atoms with Crippen LogP contribution < -0.4 is 4.74 Å². The van der Waals surface area contributed by atoms with Crippen molar-refractivity contribution >= 4 is 5.91 Å². The minimum Gasteiger partial charge on any atom is -0.497 e. The van der Waals surface area contributed by atoms with E-state index in [9.17, 15) is 4.79 Å². The highest BCUT2D eigenvalue weighted by molar-refractivity contribution is 5.78. The number of ether oxygens (including phenoxy) is 1. The molecule has 3 rings (SSSR count). The van der Waals surface area contributed by atoms with Gasteiger partial charge >= 0.3 is 0 Å². The van der Waals surface area contributed by atoms with Gasteiger partial charge in [0, 0.05) is 19.2 Å². The SMILES string of the molecule is COc1cccc(-c2nc(CC(=O)N(C)Cc3ccccc3)c(C)o2)c1. The first-order valence-electron chi connectivity index (χ1n) is 8.45. The Morgan fingerprint density at radius 3 is 2.65 bits per heavy atom. The molecule has 26 heavy (non-hydrogen) atoms. The number of carbonyl (C=O) groups is 1. The third kappa shape index (κ3) is 4.11. The first-order valence-corrected chi connectivity index (χ1v) is 8.45. The molecule has 0 aliphatic heterocycles. The number of nitrogens with zero attached hydrogens (tertiary/aromatic N) is 2. The van der Waals surface area contributed by atoms with Crippen LogP contribution in [0, 0.1) is 6.92 Å². The lowest BCUT2D eigenvalue weighted by molar-refractivity contribution is -0.129. The number of hydrogen-bond acceptors (Lipinski definition) is 4. The molecule has 0 saturated carbocycles. The zero-order valence-corrected chi connectivity index (χ0v) is 15.2. The highest BCUT2D eigenvalue weighted by Crippen LogP contribution is 2.25. The molecular weight excluding hydrogens is 328 g/mol. The molecule has 0 radical (unpaired) electrons. The van der Waals surface area contributed by atoms with Crippen LogP contribution in [0.2, 0.25) is 0 Å². The van der Waals surface area contributed by atoms with Crippen molar-refractivity contribution in [3.63, 3.8) is 0 Å². The summed E-state index contributed by atoms with van der Waals surface area (Å²) in [5.41, 5.74) is 2.58. The first kappa shape index (κ1) is 17.7. The fourth-order valence-corrected chi connectivity index (χ4v) is 2.70. The van der Waals surface area contributed by atoms with Gasteiger partial charge in [-0.15, -0.1) is 0 Å². The number of aromatic nitrogens is 1. The number of benzene rings is 2. The summed E-state index contributed by atoms with van der Waals surface area (Å²) in [5, 5.41) is 0. The smallest absolute Gasteiger partial charge is 0.228 e. The number of likely N-dealkylation sites (N-methyl/N-ethyl adjacent to an activating group) is 1. The number of amides is 1. The van der Waals surface area contributed by atoms with E-state index in [4.69, 9.17) is 9.15 Å². The minimum atomic E-state index is 0.00226. The first-order chi connectivity index (χ1) is 12.6. The normalized spacial score (nSPS) is 10.6. The Morgan fingerprint density at radius 1 is 1.15 bits per heavy atom. The van der Waals surface area contributed by atoms with E-state index >= 15 is 0 Å². The lowest BCUT2D eigenvalue weighted by Gasteiger charge is -2.16. The second kappa shape index (κ2) is 7.87. The highest BCUT2D eigenvalue weighted by atomic mass is 16.5. The molecule has 0 atom stereocenters. The van der Waals surface area contributed by atoms with Crippen molar-refractivity contribution in [3.05, 3.63) is 71.6 Å². The number of rotatable bonds is 6. The molecular formula is C21H22N2O3. The van der Waals surface area contributed by atoms with Crippen molar-refractivity contribution in [1.82, 2.24) is 9.88 Å². The van der Waals surface area contributed by atoms with Gasteiger partial charge in [0.25, 0.3) is 0 Å². The standard InChI is InChI=1S/C21H22N2O3/c1-15-19(13-20(24)23(2)14-16-8-5-4-6-9-16)22-21(26-15)17-10-7-11-18(12-17)25-3/h4-12H,13-14H2,1-3H3. The van der Waals surface area contributed by atoms with Gasteiger partial charge in [0.1, 0.15) is 11.5 Å². The Hall–Kier alpha value is -3.08. The summed E-state index contributed by atoms with van der Waals surface area (Å²) < 4.78 is 11.0. The number of aryl methyl sites for hydroxylation is 1. The zero-order chi connectivity index (χ0) is 18.5. The lowest BCUT2D eigenvalue weighted by atomic mass is 10.2. The van der Waals surface area contributed by atoms with E-state index in [0.29, 0.717) is 23.9 Å². The molecule has 0 aliphatic carbocycles. The van der Waals surface area contributed by atoms with Gasteiger partial charge < -0.3 is 14.1 Å². The molecule has 0 unspecified atom stereocenters. The fourth-order valence-electron chi connectivity index (χ4n) is 2.70. The van der Waals surface area contributed by atoms with Gasteiger partial charge in [-0.2, -0.15) is 0 Å². The number of hydrogen-bond donors (Lipinski definition) is 0. The van der Waals surface area contributed by atoms with Crippen LogP contribution >= 0.6 is 0 Å². The summed E-state index contributed by atoms with van der Waals surface area (Å²) in [4.78, 5) is 18.8. The Bertz CT molecular complexity index is 887. The van der Waals surface area contributed by atoms with Crippen molar-refractivity contribution in [1.29, 1.82) is 0 Å². The number of methoxy groups -OCH3 is 1. The average Bonchev–Trinajstić information content (AvgIpc) is 3.03. The van der Waals surface area contributed by atoms with Gasteiger partial charge in [-0.1, -0.05) is 36.4 Å². The topological polar surface area (TPSA) is 55.6 Å². The molecule has 0 fully saturated rings. The fraction of sp³-hybridized carbons (Fsp3) is 0.238. The Morgan fingerprint density at radius 2 is 1.92 bits per heavy atom. The summed E-state index contributed by atoms with van der Waals surface area (Å²) >= 11 is 0. The predicted molar refractivity (Wildman–Crippen MR) is 99.8 cm³/mol. The molecule has 5 heteroatoms. The summed E-state index contributed by atoms with van der Waals surface area (Å²) in [7, 11) is 3.42. The molecule has 1 heterocycles. The maximum Gasteiger partial charge on any atom is 0.228 e. The molecule has 1 amide bonds. The van der Waals surface area contributed by atoms with E-state index in [1.807, 2.05) is 61.5 Å². The monoisotopic (exact) mass is 350 g/mol. The Kier molecular flexibility index (Phi) is 5.37. The molecule has 134 valence electrons. The molecule has 2 aromatic carbocycles. The van der Waals surface area contributed by atoms with Gasteiger partial charge in [-0.25, -0.2) is 4.98 Å². The molecule has 5 nitrogen and oxygen atoms in total. The van der Waals surface area contributed by atoms with E-state index in [-0.39, 0.29) is 12.3 Å². The van der Waals surface area contributed by atoms with Crippen LogP contribution in [0.5, 0.6) is 5.75 Å². The quantitative estimate of drug-likeness (QED) is 0.677. The zero-order valence-electron chi connectivity index (χ0n) is 15.2. The highest BCUT2D eigenvalue weighted by Gasteiger charge is 2.17. The summed E-state index contributed by atoms with van der Waals surface area (Å²) in [6.45, 7) is 2.40. The Labute approximate surface area is 153 Å². The van der Waals surface area contributed by atoms with Crippen LogP contribution in [0.3, 0.4) is 0 Å². The molecule has 0 N–H and O–H groups in total. The summed E-state index contributed by atoms with van der Waals surface area (Å²) in [6, 6.07) is 17.4. The lowest BCUT2D eigenvalue weighted by Crippen LogP contribution is -2.28. The maximum atomic E-state index is 12.5. The average molecular weight is 350 g/mol. The second-order valence-electron chi connectivity index (χ2n) is 6.17. The maximum absolute atomic E-state index is 12.5. The summed E-state index contributed by atoms with van der Waals surface area (Å²) in [5.74, 6) is 1.89. The van der Waals surface area contributed by atoms with Gasteiger partial charge in [-0.05, 0) is 30.7 Å². The second-order valence-corrected chi connectivity index (χ2v) is 6.17. The van der Waals surface area contributed by atoms with E-state index in [2.05, 4.69) is 4.98 Å². The van der Waals surface area contributed by atoms with Gasteiger partial charge in [0.2, 0.25) is 11.8 Å². The van der Waals surface area contributed by atoms with Crippen LogP contribution in [0.25, 0.3) is 11.5 Å². The minimum absolute atomic E-state index is 0.00226. The number of oxazole rings is 1. The van der Waals surface area contributed by atoms with E-state index in [0.717, 1.165) is 16.9 Å². The van der Waals surface area contributed by atoms with Crippen molar-refractivity contribution in [2.45, 2.75) is 19.9 Å². The van der Waals surface area contributed by atoms with Crippen molar-refractivity contribution in [2.24, 2.45) is 0 Å². The van der Waals surface area contributed by atoms with Gasteiger partial charge in [0.15, 0.2) is 0 Å². The molecule has 0 saturated heterocycles. The summed E-state index contributed by atoms with van der Waals surface area (Å²) in [6.07, 6.45) is 0.211. The van der Waals surface area contributed by atoms with E-state index in [1.165, 1.54) is 0 Å². The third-order valence-corrected chi connectivity index (χ3v) is 4.22. The van der Waals surface area contributed by atoms with Crippen LogP contribution in [0.1, 0.15) is 17.0 Å². The van der Waals surface area contributed by atoms with E-state index < -0.39 is 0 Å². The van der Waals surface area contributed by atoms with Crippen molar-refractivity contribution in [3.8, 4) is 17.2 Å². The Balaban J connectivity index is 1.71. The number of carbonyl (C=O) groups excluding carboxylic acids is 1. The molecule has 0 bridgehead atoms. The molecule has 0 spiro atoms. The molecule has 0 aliphatic rings. The molecule has 1 aromatic heterocycles.